The van der Waals surface area contributed by atoms with E-state index in [9.17, 15) is 20.1 Å². The number of aromatic hydroxyl groups is 3. The maximum absolute atomic E-state index is 10.7. The molecule has 0 aliphatic rings. The van der Waals surface area contributed by atoms with Crippen molar-refractivity contribution in [3.8, 4) is 23.0 Å². The highest BCUT2D eigenvalue weighted by Crippen LogP contribution is 2.34. The molecule has 0 aromatic heterocycles. The van der Waals surface area contributed by atoms with Gasteiger partial charge in [-0.15, -0.1) is 0 Å². The fraction of sp³-hybridized carbons (Fsp3) is 0.167. The molecule has 6 nitrogen and oxygen atoms in total. The second kappa shape index (κ2) is 7.41. The topological polar surface area (TPSA) is 107 Å². The predicted octanol–water partition coefficient (Wildman–Crippen LogP) is 2.70. The van der Waals surface area contributed by atoms with Gasteiger partial charge in [-0.05, 0) is 48.2 Å². The lowest BCUT2D eigenvalue weighted by atomic mass is 9.97. The first-order chi connectivity index (χ1) is 11.4. The molecule has 2 aromatic rings. The monoisotopic (exact) mass is 330 g/mol. The van der Waals surface area contributed by atoms with E-state index in [0.29, 0.717) is 24.0 Å². The maximum atomic E-state index is 10.7. The SMILES string of the molecule is COc1c(O)ccc(C=CC(=O)O)c1CCc1ccc(O)c(O)c1. The van der Waals surface area contributed by atoms with Crippen LogP contribution >= 0.6 is 0 Å². The van der Waals surface area contributed by atoms with Gasteiger partial charge in [0.1, 0.15) is 0 Å². The molecule has 0 aliphatic carbocycles. The first-order valence-corrected chi connectivity index (χ1v) is 7.23. The molecule has 0 atom stereocenters. The van der Waals surface area contributed by atoms with E-state index in [2.05, 4.69) is 0 Å². The number of phenolic OH excluding ortho intramolecular Hbond substituents is 3. The third-order valence-corrected chi connectivity index (χ3v) is 3.59. The summed E-state index contributed by atoms with van der Waals surface area (Å²) in [6.07, 6.45) is 3.40. The molecule has 0 fully saturated rings. The largest absolute Gasteiger partial charge is 0.504 e. The first-order valence-electron chi connectivity index (χ1n) is 7.23. The lowest BCUT2D eigenvalue weighted by molar-refractivity contribution is -0.131. The number of carbonyl (C=O) groups is 1. The van der Waals surface area contributed by atoms with Gasteiger partial charge in [-0.25, -0.2) is 4.79 Å². The highest BCUT2D eigenvalue weighted by Gasteiger charge is 2.13. The molecule has 0 saturated heterocycles. The van der Waals surface area contributed by atoms with Crippen LogP contribution in [0.5, 0.6) is 23.0 Å². The first kappa shape index (κ1) is 17.2. The number of hydrogen-bond donors (Lipinski definition) is 4. The Balaban J connectivity index is 2.33. The van der Waals surface area contributed by atoms with Gasteiger partial charge in [0.25, 0.3) is 0 Å². The van der Waals surface area contributed by atoms with E-state index in [0.717, 1.165) is 11.6 Å². The van der Waals surface area contributed by atoms with Crippen molar-refractivity contribution in [1.29, 1.82) is 0 Å². The van der Waals surface area contributed by atoms with Crippen molar-refractivity contribution >= 4 is 12.0 Å². The van der Waals surface area contributed by atoms with Crippen LogP contribution < -0.4 is 4.74 Å². The number of carboxylic acids is 1. The van der Waals surface area contributed by atoms with Crippen LogP contribution in [0, 0.1) is 0 Å². The molecule has 0 aliphatic heterocycles. The summed E-state index contributed by atoms with van der Waals surface area (Å²) in [7, 11) is 1.43. The smallest absolute Gasteiger partial charge is 0.328 e. The summed E-state index contributed by atoms with van der Waals surface area (Å²) in [5, 5.41) is 37.6. The van der Waals surface area contributed by atoms with E-state index < -0.39 is 5.97 Å². The van der Waals surface area contributed by atoms with Crippen molar-refractivity contribution in [3.63, 3.8) is 0 Å². The van der Waals surface area contributed by atoms with Gasteiger partial charge in [-0.1, -0.05) is 12.1 Å². The highest BCUT2D eigenvalue weighted by atomic mass is 16.5. The summed E-state index contributed by atoms with van der Waals surface area (Å²) in [6.45, 7) is 0. The molecular formula is C18H18O6. The van der Waals surface area contributed by atoms with E-state index in [1.807, 2.05) is 0 Å². The Hall–Kier alpha value is -3.15. The number of carboxylic acid groups (broad SMARTS) is 1. The Morgan fingerprint density at radius 2 is 1.75 bits per heavy atom. The second-order valence-electron chi connectivity index (χ2n) is 5.18. The zero-order valence-electron chi connectivity index (χ0n) is 13.1. The summed E-state index contributed by atoms with van der Waals surface area (Å²) in [5.41, 5.74) is 2.06. The Kier molecular flexibility index (Phi) is 5.31. The second-order valence-corrected chi connectivity index (χ2v) is 5.18. The molecule has 4 N–H and O–H groups in total. The molecule has 2 rings (SSSR count). The lowest BCUT2D eigenvalue weighted by Crippen LogP contribution is -1.99. The van der Waals surface area contributed by atoms with E-state index in [1.54, 1.807) is 12.1 Å². The lowest BCUT2D eigenvalue weighted by Gasteiger charge is -2.14. The molecular weight excluding hydrogens is 312 g/mol. The number of ether oxygens (including phenoxy) is 1. The molecule has 24 heavy (non-hydrogen) atoms. The molecule has 0 spiro atoms. The average molecular weight is 330 g/mol. The third-order valence-electron chi connectivity index (χ3n) is 3.59. The summed E-state index contributed by atoms with van der Waals surface area (Å²) < 4.78 is 5.23. The maximum Gasteiger partial charge on any atom is 0.328 e. The predicted molar refractivity (Wildman–Crippen MR) is 88.5 cm³/mol. The summed E-state index contributed by atoms with van der Waals surface area (Å²) in [4.78, 5) is 10.7. The van der Waals surface area contributed by atoms with Crippen LogP contribution in [0.2, 0.25) is 0 Å². The van der Waals surface area contributed by atoms with Gasteiger partial charge in [0.15, 0.2) is 23.0 Å². The highest BCUT2D eigenvalue weighted by molar-refractivity contribution is 5.86. The van der Waals surface area contributed by atoms with E-state index in [-0.39, 0.29) is 23.0 Å². The van der Waals surface area contributed by atoms with Crippen LogP contribution in [-0.4, -0.2) is 33.5 Å². The van der Waals surface area contributed by atoms with Crippen LogP contribution in [0.3, 0.4) is 0 Å². The van der Waals surface area contributed by atoms with E-state index in [4.69, 9.17) is 9.84 Å². The van der Waals surface area contributed by atoms with Crippen LogP contribution in [0.15, 0.2) is 36.4 Å². The summed E-state index contributed by atoms with van der Waals surface area (Å²) >= 11 is 0. The molecule has 0 radical (unpaired) electrons. The van der Waals surface area contributed by atoms with Gasteiger partial charge in [0.2, 0.25) is 0 Å². The minimum absolute atomic E-state index is 0.0338. The van der Waals surface area contributed by atoms with Crippen LogP contribution in [0.4, 0.5) is 0 Å². The Labute approximate surface area is 138 Å². The van der Waals surface area contributed by atoms with Crippen molar-refractivity contribution in [3.05, 3.63) is 53.1 Å². The van der Waals surface area contributed by atoms with Crippen molar-refractivity contribution in [2.75, 3.05) is 7.11 Å². The van der Waals surface area contributed by atoms with Gasteiger partial charge in [0, 0.05) is 11.6 Å². The molecule has 0 heterocycles. The van der Waals surface area contributed by atoms with Gasteiger partial charge in [-0.3, -0.25) is 0 Å². The molecule has 126 valence electrons. The normalized spacial score (nSPS) is 10.9. The fourth-order valence-electron chi connectivity index (χ4n) is 2.43. The summed E-state index contributed by atoms with van der Waals surface area (Å²) in [5.74, 6) is -1.23. The number of hydrogen-bond acceptors (Lipinski definition) is 5. The molecule has 0 amide bonds. The van der Waals surface area contributed by atoms with Crippen molar-refractivity contribution in [2.45, 2.75) is 12.8 Å². The quantitative estimate of drug-likeness (QED) is 0.479. The number of phenols is 3. The minimum atomic E-state index is -1.07. The fourth-order valence-corrected chi connectivity index (χ4v) is 2.43. The number of methoxy groups -OCH3 is 1. The number of aryl methyl sites for hydroxylation is 1. The van der Waals surface area contributed by atoms with Gasteiger partial charge in [-0.2, -0.15) is 0 Å². The molecule has 6 heteroatoms. The Morgan fingerprint density at radius 1 is 1.04 bits per heavy atom. The Bertz CT molecular complexity index is 779. The standard InChI is InChI=1S/C18H18O6/c1-24-18-13(6-2-11-3-7-14(19)16(21)10-11)12(4-8-15(18)20)5-9-17(22)23/h3-5,7-10,19-21H,2,6H2,1H3,(H,22,23). The average Bonchev–Trinajstić information content (AvgIpc) is 2.54. The van der Waals surface area contributed by atoms with Crippen LogP contribution in [-0.2, 0) is 17.6 Å². The Morgan fingerprint density at radius 3 is 2.38 bits per heavy atom. The number of rotatable bonds is 6. The van der Waals surface area contributed by atoms with Crippen molar-refractivity contribution in [1.82, 2.24) is 0 Å². The van der Waals surface area contributed by atoms with Crippen LogP contribution in [0.25, 0.3) is 6.08 Å². The van der Waals surface area contributed by atoms with Crippen molar-refractivity contribution < 1.29 is 30.0 Å². The minimum Gasteiger partial charge on any atom is -0.504 e. The number of benzene rings is 2. The third kappa shape index (κ3) is 3.98. The summed E-state index contributed by atoms with van der Waals surface area (Å²) in [6, 6.07) is 7.58. The van der Waals surface area contributed by atoms with Gasteiger partial charge >= 0.3 is 5.97 Å². The zero-order chi connectivity index (χ0) is 17.7. The molecule has 0 unspecified atom stereocenters. The van der Waals surface area contributed by atoms with Gasteiger partial charge < -0.3 is 25.2 Å². The number of aliphatic carboxylic acids is 1. The van der Waals surface area contributed by atoms with Crippen molar-refractivity contribution in [2.24, 2.45) is 0 Å². The molecule has 0 bridgehead atoms. The molecule has 2 aromatic carbocycles. The van der Waals surface area contributed by atoms with Gasteiger partial charge in [0.05, 0.1) is 7.11 Å². The van der Waals surface area contributed by atoms with Crippen LogP contribution in [0.1, 0.15) is 16.7 Å². The zero-order valence-corrected chi connectivity index (χ0v) is 13.1. The molecule has 0 saturated carbocycles. The van der Waals surface area contributed by atoms with E-state index in [1.165, 1.54) is 31.4 Å². The van der Waals surface area contributed by atoms with E-state index >= 15 is 0 Å².